The summed E-state index contributed by atoms with van der Waals surface area (Å²) in [5.41, 5.74) is 16.2. The molecule has 22 heavy (non-hydrogen) atoms. The predicted octanol–water partition coefficient (Wildman–Crippen LogP) is 3.90. The van der Waals surface area contributed by atoms with Crippen LogP contribution in [0.25, 0.3) is 0 Å². The summed E-state index contributed by atoms with van der Waals surface area (Å²) in [6.45, 7) is 3.87. The number of hydrogen-bond donors (Lipinski definition) is 2. The topological polar surface area (TPSA) is 95.2 Å². The van der Waals surface area contributed by atoms with Crippen LogP contribution in [0.15, 0.2) is 34.5 Å². The quantitative estimate of drug-likeness (QED) is 0.661. The van der Waals surface area contributed by atoms with E-state index < -0.39 is 0 Å². The number of benzene rings is 2. The zero-order valence-corrected chi connectivity index (χ0v) is 13.2. The number of methoxy groups -OCH3 is 2. The van der Waals surface area contributed by atoms with Gasteiger partial charge in [0, 0.05) is 17.8 Å². The molecule has 2 rings (SSSR count). The van der Waals surface area contributed by atoms with Crippen molar-refractivity contribution in [3.63, 3.8) is 0 Å². The van der Waals surface area contributed by atoms with Gasteiger partial charge >= 0.3 is 0 Å². The van der Waals surface area contributed by atoms with E-state index >= 15 is 0 Å². The second-order valence-corrected chi connectivity index (χ2v) is 4.96. The molecule has 0 aliphatic carbocycles. The maximum absolute atomic E-state index is 5.87. The first-order valence-electron chi connectivity index (χ1n) is 6.76. The fourth-order valence-electron chi connectivity index (χ4n) is 2.02. The van der Waals surface area contributed by atoms with E-state index in [4.69, 9.17) is 20.9 Å². The first kappa shape index (κ1) is 15.6. The zero-order valence-electron chi connectivity index (χ0n) is 13.2. The minimum atomic E-state index is 0.484. The molecule has 2 aromatic carbocycles. The Kier molecular flexibility index (Phi) is 4.50. The Balaban J connectivity index is 2.43. The molecule has 0 aliphatic heterocycles. The second-order valence-electron chi connectivity index (χ2n) is 4.96. The summed E-state index contributed by atoms with van der Waals surface area (Å²) in [4.78, 5) is 0. The normalized spacial score (nSPS) is 10.9. The van der Waals surface area contributed by atoms with Gasteiger partial charge in [-0.3, -0.25) is 0 Å². The SMILES string of the molecule is COc1cc(/N=N/c2cc(C)c(N)cc2C)c(OC)cc1N. The van der Waals surface area contributed by atoms with Crippen LogP contribution in [0.2, 0.25) is 0 Å². The van der Waals surface area contributed by atoms with Crippen molar-refractivity contribution in [1.29, 1.82) is 0 Å². The van der Waals surface area contributed by atoms with Crippen LogP contribution in [-0.2, 0) is 0 Å². The number of rotatable bonds is 4. The van der Waals surface area contributed by atoms with Gasteiger partial charge in [-0.25, -0.2) is 0 Å². The fraction of sp³-hybridized carbons (Fsp3) is 0.250. The number of aryl methyl sites for hydroxylation is 2. The minimum absolute atomic E-state index is 0.484. The van der Waals surface area contributed by atoms with Crippen molar-refractivity contribution in [3.05, 3.63) is 35.4 Å². The highest BCUT2D eigenvalue weighted by molar-refractivity contribution is 5.67. The zero-order chi connectivity index (χ0) is 16.3. The van der Waals surface area contributed by atoms with Crippen molar-refractivity contribution in [2.45, 2.75) is 13.8 Å². The fourth-order valence-corrected chi connectivity index (χ4v) is 2.02. The lowest BCUT2D eigenvalue weighted by molar-refractivity contribution is 0.406. The molecule has 4 N–H and O–H groups in total. The molecule has 0 fully saturated rings. The molecule has 0 radical (unpaired) electrons. The molecule has 0 heterocycles. The minimum Gasteiger partial charge on any atom is -0.495 e. The van der Waals surface area contributed by atoms with Gasteiger partial charge in [0.05, 0.1) is 25.6 Å². The number of nitrogens with two attached hydrogens (primary N) is 2. The number of ether oxygens (including phenoxy) is 2. The summed E-state index contributed by atoms with van der Waals surface area (Å²) in [5.74, 6) is 1.06. The molecule has 0 saturated heterocycles. The van der Waals surface area contributed by atoms with Crippen molar-refractivity contribution in [3.8, 4) is 11.5 Å². The van der Waals surface area contributed by atoms with Crippen molar-refractivity contribution in [2.24, 2.45) is 10.2 Å². The molecule has 2 aromatic rings. The van der Waals surface area contributed by atoms with Crippen molar-refractivity contribution >= 4 is 22.7 Å². The van der Waals surface area contributed by atoms with Crippen LogP contribution < -0.4 is 20.9 Å². The van der Waals surface area contributed by atoms with E-state index in [0.29, 0.717) is 22.9 Å². The maximum Gasteiger partial charge on any atom is 0.148 e. The third-order valence-corrected chi connectivity index (χ3v) is 3.38. The Morgan fingerprint density at radius 2 is 1.36 bits per heavy atom. The Morgan fingerprint density at radius 3 is 2.00 bits per heavy atom. The van der Waals surface area contributed by atoms with Crippen LogP contribution in [-0.4, -0.2) is 14.2 Å². The van der Waals surface area contributed by atoms with E-state index in [0.717, 1.165) is 22.5 Å². The van der Waals surface area contributed by atoms with Gasteiger partial charge in [0.1, 0.15) is 17.2 Å². The highest BCUT2D eigenvalue weighted by atomic mass is 16.5. The monoisotopic (exact) mass is 300 g/mol. The van der Waals surface area contributed by atoms with E-state index in [9.17, 15) is 0 Å². The van der Waals surface area contributed by atoms with Crippen molar-refractivity contribution < 1.29 is 9.47 Å². The van der Waals surface area contributed by atoms with E-state index in [1.165, 1.54) is 0 Å². The molecule has 6 heteroatoms. The molecular formula is C16H20N4O2. The number of nitrogen functional groups attached to an aromatic ring is 2. The third kappa shape index (κ3) is 3.11. The molecule has 0 amide bonds. The molecule has 0 atom stereocenters. The Hall–Kier alpha value is -2.76. The number of hydrogen-bond acceptors (Lipinski definition) is 6. The molecule has 0 aliphatic rings. The molecule has 0 aromatic heterocycles. The lowest BCUT2D eigenvalue weighted by Crippen LogP contribution is -1.94. The van der Waals surface area contributed by atoms with E-state index in [2.05, 4.69) is 10.2 Å². The van der Waals surface area contributed by atoms with Gasteiger partial charge in [0.2, 0.25) is 0 Å². The second kappa shape index (κ2) is 6.34. The summed E-state index contributed by atoms with van der Waals surface area (Å²) >= 11 is 0. The molecule has 0 saturated carbocycles. The van der Waals surface area contributed by atoms with Gasteiger partial charge in [-0.05, 0) is 37.1 Å². The van der Waals surface area contributed by atoms with Crippen molar-refractivity contribution in [2.75, 3.05) is 25.7 Å². The highest BCUT2D eigenvalue weighted by Crippen LogP contribution is 2.37. The standard InChI is InChI=1S/C16H20N4O2/c1-9-6-13(10(2)5-11(9)17)19-20-14-8-15(21-3)12(18)7-16(14)22-4/h5-8H,17-18H2,1-4H3/b20-19+. The number of nitrogens with zero attached hydrogens (tertiary/aromatic N) is 2. The van der Waals surface area contributed by atoms with Gasteiger partial charge in [-0.15, -0.1) is 5.11 Å². The Bertz CT molecular complexity index is 727. The van der Waals surface area contributed by atoms with Gasteiger partial charge in [-0.2, -0.15) is 5.11 Å². The average molecular weight is 300 g/mol. The molecule has 0 spiro atoms. The molecule has 6 nitrogen and oxygen atoms in total. The molecular weight excluding hydrogens is 280 g/mol. The van der Waals surface area contributed by atoms with Gasteiger partial charge < -0.3 is 20.9 Å². The predicted molar refractivity (Wildman–Crippen MR) is 88.5 cm³/mol. The number of anilines is 2. The van der Waals surface area contributed by atoms with Crippen LogP contribution in [0.3, 0.4) is 0 Å². The van der Waals surface area contributed by atoms with Gasteiger partial charge in [0.25, 0.3) is 0 Å². The Labute approximate surface area is 129 Å². The van der Waals surface area contributed by atoms with Crippen LogP contribution in [0.1, 0.15) is 11.1 Å². The average Bonchev–Trinajstić information content (AvgIpc) is 2.50. The smallest absolute Gasteiger partial charge is 0.148 e. The lowest BCUT2D eigenvalue weighted by atomic mass is 10.1. The lowest BCUT2D eigenvalue weighted by Gasteiger charge is -2.09. The van der Waals surface area contributed by atoms with E-state index in [1.54, 1.807) is 26.4 Å². The van der Waals surface area contributed by atoms with Crippen molar-refractivity contribution in [1.82, 2.24) is 0 Å². The number of azo groups is 1. The summed E-state index contributed by atoms with van der Waals surface area (Å²) in [7, 11) is 3.10. The van der Waals surface area contributed by atoms with Gasteiger partial charge in [0.15, 0.2) is 0 Å². The van der Waals surface area contributed by atoms with E-state index in [-0.39, 0.29) is 0 Å². The van der Waals surface area contributed by atoms with Gasteiger partial charge in [-0.1, -0.05) is 0 Å². The first-order chi connectivity index (χ1) is 10.5. The summed E-state index contributed by atoms with van der Waals surface area (Å²) in [6, 6.07) is 7.13. The summed E-state index contributed by atoms with van der Waals surface area (Å²) < 4.78 is 10.5. The summed E-state index contributed by atoms with van der Waals surface area (Å²) in [5, 5.41) is 8.54. The van der Waals surface area contributed by atoms with Crippen LogP contribution >= 0.6 is 0 Å². The maximum atomic E-state index is 5.87. The van der Waals surface area contributed by atoms with Crippen LogP contribution in [0.5, 0.6) is 11.5 Å². The molecule has 0 unspecified atom stereocenters. The Morgan fingerprint density at radius 1 is 0.727 bits per heavy atom. The first-order valence-corrected chi connectivity index (χ1v) is 6.76. The van der Waals surface area contributed by atoms with Crippen LogP contribution in [0.4, 0.5) is 22.7 Å². The molecule has 0 bridgehead atoms. The summed E-state index contributed by atoms with van der Waals surface area (Å²) in [6.07, 6.45) is 0. The third-order valence-electron chi connectivity index (χ3n) is 3.38. The molecule has 116 valence electrons. The largest absolute Gasteiger partial charge is 0.495 e. The van der Waals surface area contributed by atoms with E-state index in [1.807, 2.05) is 26.0 Å². The van der Waals surface area contributed by atoms with Crippen LogP contribution in [0, 0.1) is 13.8 Å². The highest BCUT2D eigenvalue weighted by Gasteiger charge is 2.09.